The van der Waals surface area contributed by atoms with Crippen LogP contribution in [0.5, 0.6) is 0 Å². The topological polar surface area (TPSA) is 117 Å². The normalized spacial score (nSPS) is 16.0. The molecule has 0 radical (unpaired) electrons. The van der Waals surface area contributed by atoms with Crippen LogP contribution in [0.4, 0.5) is 5.69 Å². The molecule has 1 saturated heterocycles. The standard InChI is InChI=1S/C22H20IN5O4S2/c23-28-13-16(12-25-28)22(30)8-10-27(11-9-22)21(29)15-4-6-17(7-5-15)26-34(31,32)19-3-1-2-18-20(19)24-14-33-18/h1-7,12-14,26,30H,8-11H2. The van der Waals surface area contributed by atoms with Gasteiger partial charge in [-0.25, -0.2) is 16.3 Å². The summed E-state index contributed by atoms with van der Waals surface area (Å²) in [6.45, 7) is 0.821. The van der Waals surface area contributed by atoms with Gasteiger partial charge in [-0.3, -0.25) is 9.52 Å². The highest BCUT2D eigenvalue weighted by Crippen LogP contribution is 2.33. The number of amides is 1. The molecule has 2 aromatic heterocycles. The SMILES string of the molecule is O=C(c1ccc(NS(=O)(=O)c2cccc3scnc23)cc1)N1CCC(O)(c2cnn(I)c2)CC1. The molecule has 2 N–H and O–H groups in total. The predicted molar refractivity (Wildman–Crippen MR) is 138 cm³/mol. The fourth-order valence-electron chi connectivity index (χ4n) is 4.06. The zero-order valence-corrected chi connectivity index (χ0v) is 21.5. The molecule has 4 aromatic rings. The van der Waals surface area contributed by atoms with Crippen molar-refractivity contribution in [2.24, 2.45) is 0 Å². The maximum atomic E-state index is 13.0. The van der Waals surface area contributed by atoms with Crippen molar-refractivity contribution in [1.29, 1.82) is 0 Å². The van der Waals surface area contributed by atoms with E-state index in [1.807, 2.05) is 28.9 Å². The van der Waals surface area contributed by atoms with Crippen molar-refractivity contribution in [3.63, 3.8) is 0 Å². The van der Waals surface area contributed by atoms with E-state index in [0.717, 1.165) is 10.3 Å². The summed E-state index contributed by atoms with van der Waals surface area (Å²) in [4.78, 5) is 19.0. The van der Waals surface area contributed by atoms with Crippen LogP contribution in [0.3, 0.4) is 0 Å². The zero-order valence-electron chi connectivity index (χ0n) is 17.8. The quantitative estimate of drug-likeness (QED) is 0.334. The van der Waals surface area contributed by atoms with Gasteiger partial charge < -0.3 is 10.0 Å². The lowest BCUT2D eigenvalue weighted by Gasteiger charge is -2.37. The first kappa shape index (κ1) is 23.2. The Morgan fingerprint density at radius 2 is 1.88 bits per heavy atom. The van der Waals surface area contributed by atoms with Crippen molar-refractivity contribution in [2.75, 3.05) is 17.8 Å². The number of benzene rings is 2. The number of hydrogen-bond acceptors (Lipinski definition) is 7. The van der Waals surface area contributed by atoms with Crippen LogP contribution in [0.25, 0.3) is 10.2 Å². The van der Waals surface area contributed by atoms with E-state index in [2.05, 4.69) is 14.8 Å². The van der Waals surface area contributed by atoms with E-state index in [-0.39, 0.29) is 10.8 Å². The van der Waals surface area contributed by atoms with Crippen LogP contribution in [-0.2, 0) is 15.6 Å². The second-order valence-corrected chi connectivity index (χ2v) is 11.6. The molecule has 0 unspecified atom stereocenters. The lowest BCUT2D eigenvalue weighted by Crippen LogP contribution is -2.45. The molecule has 2 aromatic carbocycles. The van der Waals surface area contributed by atoms with Gasteiger partial charge in [-0.2, -0.15) is 5.10 Å². The van der Waals surface area contributed by atoms with E-state index in [1.54, 1.807) is 56.0 Å². The molecular formula is C22H20IN5O4S2. The Hall–Kier alpha value is -2.55. The molecule has 0 atom stereocenters. The number of sulfonamides is 1. The summed E-state index contributed by atoms with van der Waals surface area (Å²) in [7, 11) is -3.84. The molecule has 0 bridgehead atoms. The number of aromatic nitrogens is 3. The highest BCUT2D eigenvalue weighted by atomic mass is 127. The minimum Gasteiger partial charge on any atom is -0.385 e. The van der Waals surface area contributed by atoms with Crippen LogP contribution < -0.4 is 4.72 Å². The molecular weight excluding hydrogens is 589 g/mol. The van der Waals surface area contributed by atoms with E-state index in [4.69, 9.17) is 0 Å². The van der Waals surface area contributed by atoms with Gasteiger partial charge in [-0.1, -0.05) is 6.07 Å². The number of halogens is 1. The number of aliphatic hydroxyl groups is 1. The van der Waals surface area contributed by atoms with E-state index in [9.17, 15) is 18.3 Å². The van der Waals surface area contributed by atoms with Crippen LogP contribution in [-0.4, -0.2) is 50.4 Å². The first-order valence-corrected chi connectivity index (χ1v) is 13.8. The van der Waals surface area contributed by atoms with Gasteiger partial charge >= 0.3 is 0 Å². The van der Waals surface area contributed by atoms with Crippen LogP contribution in [0.15, 0.2) is 65.3 Å². The van der Waals surface area contributed by atoms with Crippen molar-refractivity contribution in [3.05, 3.63) is 71.5 Å². The Labute approximate surface area is 214 Å². The van der Waals surface area contributed by atoms with Crippen LogP contribution in [0.2, 0.25) is 0 Å². The Balaban J connectivity index is 1.26. The number of thiazole rings is 1. The Kier molecular flexibility index (Phi) is 6.08. The number of anilines is 1. The van der Waals surface area contributed by atoms with E-state index in [0.29, 0.717) is 42.7 Å². The number of nitrogens with zero attached hydrogens (tertiary/aromatic N) is 4. The summed E-state index contributed by atoms with van der Waals surface area (Å²) in [5.74, 6) is -0.159. The summed E-state index contributed by atoms with van der Waals surface area (Å²) in [6, 6.07) is 11.4. The number of nitrogens with one attached hydrogen (secondary N) is 1. The van der Waals surface area contributed by atoms with Crippen molar-refractivity contribution < 1.29 is 18.3 Å². The highest BCUT2D eigenvalue weighted by Gasteiger charge is 2.36. The number of carbonyl (C=O) groups is 1. The molecule has 0 saturated carbocycles. The molecule has 34 heavy (non-hydrogen) atoms. The van der Waals surface area contributed by atoms with Gasteiger partial charge in [0.05, 0.1) is 44.9 Å². The summed E-state index contributed by atoms with van der Waals surface area (Å²) >= 11 is 3.40. The van der Waals surface area contributed by atoms with Gasteiger partial charge in [0.2, 0.25) is 0 Å². The Morgan fingerprint density at radius 3 is 2.56 bits per heavy atom. The van der Waals surface area contributed by atoms with Crippen molar-refractivity contribution in [3.8, 4) is 0 Å². The fraction of sp³-hybridized carbons (Fsp3) is 0.227. The number of para-hydroxylation sites is 1. The van der Waals surface area contributed by atoms with Crippen LogP contribution in [0, 0.1) is 0 Å². The lowest BCUT2D eigenvalue weighted by atomic mass is 9.86. The van der Waals surface area contributed by atoms with E-state index in [1.165, 1.54) is 17.4 Å². The Bertz CT molecular complexity index is 1460. The molecule has 5 rings (SSSR count). The van der Waals surface area contributed by atoms with Gasteiger partial charge in [0.1, 0.15) is 10.4 Å². The minimum absolute atomic E-state index is 0.111. The molecule has 9 nitrogen and oxygen atoms in total. The van der Waals surface area contributed by atoms with Gasteiger partial charge in [0.15, 0.2) is 0 Å². The third-order valence-electron chi connectivity index (χ3n) is 5.96. The number of carbonyl (C=O) groups excluding carboxylic acids is 1. The number of hydrogen-bond donors (Lipinski definition) is 2. The minimum atomic E-state index is -3.84. The first-order chi connectivity index (χ1) is 16.2. The van der Waals surface area contributed by atoms with Crippen LogP contribution >= 0.6 is 34.2 Å². The van der Waals surface area contributed by atoms with Crippen molar-refractivity contribution in [2.45, 2.75) is 23.3 Å². The lowest BCUT2D eigenvalue weighted by molar-refractivity contribution is -0.0211. The first-order valence-electron chi connectivity index (χ1n) is 10.4. The zero-order chi connectivity index (χ0) is 23.9. The monoisotopic (exact) mass is 609 g/mol. The molecule has 1 aliphatic heterocycles. The molecule has 1 amide bonds. The molecule has 12 heteroatoms. The Morgan fingerprint density at radius 1 is 1.15 bits per heavy atom. The molecule has 1 aliphatic rings. The van der Waals surface area contributed by atoms with E-state index >= 15 is 0 Å². The average Bonchev–Trinajstić information content (AvgIpc) is 3.48. The molecule has 1 fully saturated rings. The third kappa shape index (κ3) is 4.42. The van der Waals surface area contributed by atoms with Crippen molar-refractivity contribution >= 4 is 66.0 Å². The molecule has 176 valence electrons. The summed E-state index contributed by atoms with van der Waals surface area (Å²) in [6.07, 6.45) is 4.27. The number of fused-ring (bicyclic) bond motifs is 1. The third-order valence-corrected chi connectivity index (χ3v) is 8.70. The fourth-order valence-corrected chi connectivity index (χ4v) is 6.48. The van der Waals surface area contributed by atoms with Gasteiger partial charge in [-0.05, 0) is 49.2 Å². The second kappa shape index (κ2) is 8.91. The molecule has 0 spiro atoms. The van der Waals surface area contributed by atoms with Gasteiger partial charge in [0, 0.05) is 36.1 Å². The van der Waals surface area contributed by atoms with Gasteiger partial charge in [-0.15, -0.1) is 11.3 Å². The smallest absolute Gasteiger partial charge is 0.264 e. The van der Waals surface area contributed by atoms with Crippen LogP contribution in [0.1, 0.15) is 28.8 Å². The summed E-state index contributed by atoms with van der Waals surface area (Å²) < 4.78 is 30.8. The van der Waals surface area contributed by atoms with Gasteiger partial charge in [0.25, 0.3) is 15.9 Å². The summed E-state index contributed by atoms with van der Waals surface area (Å²) in [5.41, 5.74) is 2.61. The molecule has 3 heterocycles. The van der Waals surface area contributed by atoms with E-state index < -0.39 is 15.6 Å². The number of piperidine rings is 1. The second-order valence-electron chi connectivity index (χ2n) is 8.08. The number of rotatable bonds is 5. The average molecular weight is 609 g/mol. The maximum Gasteiger partial charge on any atom is 0.264 e. The highest BCUT2D eigenvalue weighted by molar-refractivity contribution is 14.1. The largest absolute Gasteiger partial charge is 0.385 e. The predicted octanol–water partition coefficient (Wildman–Crippen LogP) is 3.62. The number of likely N-dealkylation sites (tertiary alicyclic amines) is 1. The molecule has 0 aliphatic carbocycles. The maximum absolute atomic E-state index is 13.0. The summed E-state index contributed by atoms with van der Waals surface area (Å²) in [5, 5.41) is 15.1. The van der Waals surface area contributed by atoms with Crippen molar-refractivity contribution in [1.82, 2.24) is 17.9 Å².